The summed E-state index contributed by atoms with van der Waals surface area (Å²) in [5.74, 6) is 0.361. The molecule has 0 radical (unpaired) electrons. The van der Waals surface area contributed by atoms with E-state index in [1.807, 2.05) is 38.1 Å². The largest absolute Gasteiger partial charge is 0.486 e. The molecule has 4 nitrogen and oxygen atoms in total. The molecule has 0 saturated carbocycles. The Balaban J connectivity index is 1.67. The van der Waals surface area contributed by atoms with Crippen molar-refractivity contribution in [3.05, 3.63) is 89.4 Å². The minimum absolute atomic E-state index is 0.267. The second kappa shape index (κ2) is 9.76. The zero-order valence-corrected chi connectivity index (χ0v) is 20.1. The van der Waals surface area contributed by atoms with Gasteiger partial charge in [-0.25, -0.2) is 4.39 Å². The number of hydrogen-bond acceptors (Lipinski definition) is 4. The van der Waals surface area contributed by atoms with Gasteiger partial charge in [-0.1, -0.05) is 18.2 Å². The number of pyridine rings is 1. The number of piperidine rings is 1. The number of aromatic nitrogens is 1. The monoisotopic (exact) mass is 465 g/mol. The van der Waals surface area contributed by atoms with Crippen molar-refractivity contribution in [1.29, 1.82) is 5.26 Å². The lowest BCUT2D eigenvalue weighted by atomic mass is 9.91. The van der Waals surface area contributed by atoms with Gasteiger partial charge in [-0.3, -0.25) is 4.98 Å². The van der Waals surface area contributed by atoms with Crippen LogP contribution in [0.5, 0.6) is 5.75 Å². The quantitative estimate of drug-likeness (QED) is 0.309. The second-order valence-electron chi connectivity index (χ2n) is 9.14. The van der Waals surface area contributed by atoms with Crippen LogP contribution < -0.4 is 9.64 Å². The highest BCUT2D eigenvalue weighted by molar-refractivity contribution is 5.98. The predicted octanol–water partition coefficient (Wildman–Crippen LogP) is 7.35. The van der Waals surface area contributed by atoms with E-state index in [1.54, 1.807) is 12.1 Å². The van der Waals surface area contributed by atoms with Gasteiger partial charge in [-0.2, -0.15) is 5.26 Å². The number of halogens is 1. The summed E-state index contributed by atoms with van der Waals surface area (Å²) < 4.78 is 20.2. The molecule has 1 fully saturated rings. The third kappa shape index (κ3) is 4.70. The van der Waals surface area contributed by atoms with Gasteiger partial charge in [0, 0.05) is 35.4 Å². The molecule has 1 aliphatic heterocycles. The van der Waals surface area contributed by atoms with Gasteiger partial charge in [0.2, 0.25) is 0 Å². The fourth-order valence-electron chi connectivity index (χ4n) is 5.06. The average Bonchev–Trinajstić information content (AvgIpc) is 2.89. The lowest BCUT2D eigenvalue weighted by molar-refractivity contribution is 0.226. The molecule has 0 amide bonds. The molecule has 5 heteroatoms. The maximum Gasteiger partial charge on any atom is 0.123 e. The van der Waals surface area contributed by atoms with Gasteiger partial charge in [0.25, 0.3) is 0 Å². The third-order valence-corrected chi connectivity index (χ3v) is 6.73. The van der Waals surface area contributed by atoms with Crippen LogP contribution in [0.1, 0.15) is 49.1 Å². The highest BCUT2D eigenvalue weighted by Gasteiger charge is 2.22. The summed E-state index contributed by atoms with van der Waals surface area (Å²) in [6, 6.07) is 22.4. The van der Waals surface area contributed by atoms with E-state index in [0.717, 1.165) is 46.4 Å². The Morgan fingerprint density at radius 1 is 1.00 bits per heavy atom. The fourth-order valence-corrected chi connectivity index (χ4v) is 5.06. The van der Waals surface area contributed by atoms with Crippen molar-refractivity contribution in [1.82, 2.24) is 4.98 Å². The van der Waals surface area contributed by atoms with E-state index >= 15 is 0 Å². The standard InChI is InChI=1S/C30H28FN3O/c1-20-29(21(2)35-26-8-6-7-22(17-26)19-32)30(23-9-11-24(31)12-10-23)27-18-25(13-14-28(27)33-20)34-15-4-3-5-16-34/h6-14,17-18,21H,3-5,15-16H2,1-2H3. The molecule has 0 bridgehead atoms. The van der Waals surface area contributed by atoms with Gasteiger partial charge in [-0.15, -0.1) is 0 Å². The number of nitriles is 1. The summed E-state index contributed by atoms with van der Waals surface area (Å²) in [6.45, 7) is 6.10. The van der Waals surface area contributed by atoms with Gasteiger partial charge in [0.05, 0.1) is 17.1 Å². The number of benzene rings is 3. The lowest BCUT2D eigenvalue weighted by Crippen LogP contribution is -2.29. The first-order valence-corrected chi connectivity index (χ1v) is 12.2. The van der Waals surface area contributed by atoms with Gasteiger partial charge < -0.3 is 9.64 Å². The summed E-state index contributed by atoms with van der Waals surface area (Å²) in [5.41, 5.74) is 6.41. The van der Waals surface area contributed by atoms with Crippen LogP contribution in [0.3, 0.4) is 0 Å². The maximum absolute atomic E-state index is 13.9. The summed E-state index contributed by atoms with van der Waals surface area (Å²) in [6.07, 6.45) is 3.34. The molecule has 35 heavy (non-hydrogen) atoms. The molecule has 2 heterocycles. The molecule has 1 aromatic heterocycles. The molecule has 176 valence electrons. The van der Waals surface area contributed by atoms with Crippen molar-refractivity contribution >= 4 is 16.6 Å². The molecule has 5 rings (SSSR count). The Hall–Kier alpha value is -3.91. The number of rotatable bonds is 5. The molecule has 0 N–H and O–H groups in total. The number of hydrogen-bond donors (Lipinski definition) is 0. The van der Waals surface area contributed by atoms with Gasteiger partial charge in [0.1, 0.15) is 17.7 Å². The first kappa shape index (κ1) is 22.9. The fraction of sp³-hybridized carbons (Fsp3) is 0.267. The SMILES string of the molecule is Cc1nc2ccc(N3CCCCC3)cc2c(-c2ccc(F)cc2)c1C(C)Oc1cccc(C#N)c1. The molecule has 3 aromatic carbocycles. The minimum Gasteiger partial charge on any atom is -0.486 e. The Bertz CT molecular complexity index is 1400. The van der Waals surface area contributed by atoms with Crippen molar-refractivity contribution in [2.45, 2.75) is 39.2 Å². The van der Waals surface area contributed by atoms with E-state index in [1.165, 1.54) is 37.1 Å². The number of ether oxygens (including phenoxy) is 1. The van der Waals surface area contributed by atoms with E-state index < -0.39 is 0 Å². The van der Waals surface area contributed by atoms with Gasteiger partial charge in [-0.05, 0) is 92.8 Å². The smallest absolute Gasteiger partial charge is 0.123 e. The van der Waals surface area contributed by atoms with Gasteiger partial charge >= 0.3 is 0 Å². The van der Waals surface area contributed by atoms with Crippen LogP contribution in [0.15, 0.2) is 66.7 Å². The van der Waals surface area contributed by atoms with Crippen LogP contribution in [-0.4, -0.2) is 18.1 Å². The molecule has 4 aromatic rings. The van der Waals surface area contributed by atoms with Crippen molar-refractivity contribution in [3.63, 3.8) is 0 Å². The van der Waals surface area contributed by atoms with E-state index in [2.05, 4.69) is 29.2 Å². The molecule has 1 atom stereocenters. The number of fused-ring (bicyclic) bond motifs is 1. The zero-order valence-electron chi connectivity index (χ0n) is 20.1. The summed E-state index contributed by atoms with van der Waals surface area (Å²) in [5, 5.41) is 10.3. The Labute approximate surface area is 205 Å². The molecule has 0 spiro atoms. The van der Waals surface area contributed by atoms with Crippen molar-refractivity contribution in [3.8, 4) is 22.9 Å². The van der Waals surface area contributed by atoms with E-state index in [0.29, 0.717) is 11.3 Å². The van der Waals surface area contributed by atoms with Crippen LogP contribution in [0.25, 0.3) is 22.0 Å². The Morgan fingerprint density at radius 2 is 1.77 bits per heavy atom. The van der Waals surface area contributed by atoms with Crippen molar-refractivity contribution < 1.29 is 9.13 Å². The molecule has 0 aliphatic carbocycles. The molecule has 1 unspecified atom stereocenters. The predicted molar refractivity (Wildman–Crippen MR) is 138 cm³/mol. The van der Waals surface area contributed by atoms with Crippen LogP contribution in [0.4, 0.5) is 10.1 Å². The maximum atomic E-state index is 13.9. The highest BCUT2D eigenvalue weighted by Crippen LogP contribution is 2.39. The molecular weight excluding hydrogens is 437 g/mol. The zero-order chi connectivity index (χ0) is 24.4. The third-order valence-electron chi connectivity index (χ3n) is 6.73. The Morgan fingerprint density at radius 3 is 2.51 bits per heavy atom. The molecule has 1 saturated heterocycles. The number of anilines is 1. The second-order valence-corrected chi connectivity index (χ2v) is 9.14. The van der Waals surface area contributed by atoms with Crippen LogP contribution in [0.2, 0.25) is 0 Å². The first-order valence-electron chi connectivity index (χ1n) is 12.2. The first-order chi connectivity index (χ1) is 17.0. The topological polar surface area (TPSA) is 49.2 Å². The summed E-state index contributed by atoms with van der Waals surface area (Å²) in [4.78, 5) is 7.37. The highest BCUT2D eigenvalue weighted by atomic mass is 19.1. The average molecular weight is 466 g/mol. The molecule has 1 aliphatic rings. The van der Waals surface area contributed by atoms with Crippen molar-refractivity contribution in [2.24, 2.45) is 0 Å². The minimum atomic E-state index is -0.334. The van der Waals surface area contributed by atoms with Crippen LogP contribution in [0, 0.1) is 24.1 Å². The van der Waals surface area contributed by atoms with E-state index in [4.69, 9.17) is 9.72 Å². The van der Waals surface area contributed by atoms with Crippen LogP contribution >= 0.6 is 0 Å². The van der Waals surface area contributed by atoms with Crippen molar-refractivity contribution in [2.75, 3.05) is 18.0 Å². The summed E-state index contributed by atoms with van der Waals surface area (Å²) in [7, 11) is 0. The molecular formula is C30H28FN3O. The van der Waals surface area contributed by atoms with Gasteiger partial charge in [0.15, 0.2) is 0 Å². The Kier molecular flexibility index (Phi) is 6.37. The van der Waals surface area contributed by atoms with E-state index in [-0.39, 0.29) is 11.9 Å². The normalized spacial score (nSPS) is 14.5. The van der Waals surface area contributed by atoms with E-state index in [9.17, 15) is 9.65 Å². The summed E-state index contributed by atoms with van der Waals surface area (Å²) >= 11 is 0. The number of nitrogens with zero attached hydrogens (tertiary/aromatic N) is 3. The lowest BCUT2D eigenvalue weighted by Gasteiger charge is -2.29. The van der Waals surface area contributed by atoms with Crippen LogP contribution in [-0.2, 0) is 0 Å². The number of aryl methyl sites for hydroxylation is 1.